The fraction of sp³-hybridized carbons (Fsp3) is 0.500. The van der Waals surface area contributed by atoms with Crippen molar-refractivity contribution < 1.29 is 13.2 Å². The summed E-state index contributed by atoms with van der Waals surface area (Å²) in [6.45, 7) is 1.98. The van der Waals surface area contributed by atoms with E-state index in [0.29, 0.717) is 5.56 Å². The van der Waals surface area contributed by atoms with E-state index in [1.807, 2.05) is 44.9 Å². The number of carbonyl (C=O) groups is 1. The van der Waals surface area contributed by atoms with Crippen molar-refractivity contribution in [1.29, 1.82) is 0 Å². The molecule has 0 aliphatic heterocycles. The highest BCUT2D eigenvalue weighted by Gasteiger charge is 2.18. The summed E-state index contributed by atoms with van der Waals surface area (Å²) < 4.78 is 22.6. The molecule has 0 aliphatic carbocycles. The van der Waals surface area contributed by atoms with Gasteiger partial charge in [-0.2, -0.15) is 0 Å². The molecule has 0 radical (unpaired) electrons. The summed E-state index contributed by atoms with van der Waals surface area (Å²) in [4.78, 5) is 15.9. The number of carbonyl (C=O) groups excluding carboxylic acids is 1. The molecule has 0 N–H and O–H groups in total. The van der Waals surface area contributed by atoms with Crippen molar-refractivity contribution in [3.8, 4) is 0 Å². The van der Waals surface area contributed by atoms with Gasteiger partial charge in [-0.3, -0.25) is 4.79 Å². The predicted octanol–water partition coefficient (Wildman–Crippen LogP) is 1.35. The molecule has 112 valence electrons. The average molecular weight is 298 g/mol. The van der Waals surface area contributed by atoms with Gasteiger partial charge in [-0.15, -0.1) is 0 Å². The van der Waals surface area contributed by atoms with Gasteiger partial charge in [0.05, 0.1) is 0 Å². The quantitative estimate of drug-likeness (QED) is 0.768. The minimum absolute atomic E-state index is 0.376. The maximum absolute atomic E-state index is 12.1. The molecule has 0 aliphatic rings. The van der Waals surface area contributed by atoms with Gasteiger partial charge in [0.1, 0.15) is 5.75 Å². The Morgan fingerprint density at radius 3 is 1.75 bits per heavy atom. The molecule has 0 fully saturated rings. The molecule has 0 spiro atoms. The molecule has 0 atom stereocenters. The third kappa shape index (κ3) is 3.96. The molecule has 0 aromatic heterocycles. The number of rotatable bonds is 5. The van der Waals surface area contributed by atoms with E-state index in [9.17, 15) is 13.2 Å². The first-order chi connectivity index (χ1) is 9.03. The first-order valence-electron chi connectivity index (χ1n) is 6.23. The van der Waals surface area contributed by atoms with Crippen molar-refractivity contribution in [1.82, 2.24) is 0 Å². The summed E-state index contributed by atoms with van der Waals surface area (Å²) >= 11 is 0. The number of nitrogens with zero attached hydrogens (tertiary/aromatic N) is 2. The lowest BCUT2D eigenvalue weighted by molar-refractivity contribution is 0.102. The molecule has 0 saturated carbocycles. The standard InChI is InChI=1S/C14H22N2O3S/c1-10-12(15(2)3)7-11(8-13(10)16(4)5)14(17)9-20(6,18)19/h7-8H,9H2,1-6H3. The zero-order valence-corrected chi connectivity index (χ0v) is 13.7. The summed E-state index contributed by atoms with van der Waals surface area (Å²) in [5, 5.41) is 0. The molecule has 0 unspecified atom stereocenters. The summed E-state index contributed by atoms with van der Waals surface area (Å²) in [6, 6.07) is 3.49. The van der Waals surface area contributed by atoms with Crippen LogP contribution in [0.5, 0.6) is 0 Å². The van der Waals surface area contributed by atoms with E-state index in [2.05, 4.69) is 0 Å². The number of ketones is 1. The topological polar surface area (TPSA) is 57.7 Å². The molecule has 5 nitrogen and oxygen atoms in total. The number of sulfone groups is 1. The summed E-state index contributed by atoms with van der Waals surface area (Å²) in [5.41, 5.74) is 3.30. The van der Waals surface area contributed by atoms with Crippen LogP contribution in [0.15, 0.2) is 12.1 Å². The Morgan fingerprint density at radius 2 is 1.45 bits per heavy atom. The van der Waals surface area contributed by atoms with Crippen molar-refractivity contribution in [2.45, 2.75) is 6.92 Å². The molecule has 6 heteroatoms. The lowest BCUT2D eigenvalue weighted by Gasteiger charge is -2.23. The number of hydrogen-bond donors (Lipinski definition) is 0. The van der Waals surface area contributed by atoms with E-state index >= 15 is 0 Å². The van der Waals surface area contributed by atoms with Crippen LogP contribution in [0.4, 0.5) is 11.4 Å². The second-order valence-corrected chi connectivity index (χ2v) is 7.56. The van der Waals surface area contributed by atoms with Crippen LogP contribution in [-0.2, 0) is 9.84 Å². The van der Waals surface area contributed by atoms with Crippen LogP contribution in [0.1, 0.15) is 15.9 Å². The van der Waals surface area contributed by atoms with Gasteiger partial charge in [-0.25, -0.2) is 8.42 Å². The van der Waals surface area contributed by atoms with E-state index in [4.69, 9.17) is 0 Å². The Balaban J connectivity index is 3.38. The van der Waals surface area contributed by atoms with Gasteiger partial charge in [0.2, 0.25) is 0 Å². The third-order valence-electron chi connectivity index (χ3n) is 3.03. The van der Waals surface area contributed by atoms with E-state index < -0.39 is 15.6 Å². The fourth-order valence-corrected chi connectivity index (χ4v) is 2.74. The van der Waals surface area contributed by atoms with Crippen LogP contribution in [0, 0.1) is 6.92 Å². The van der Waals surface area contributed by atoms with Gasteiger partial charge in [0.15, 0.2) is 15.6 Å². The normalized spacial score (nSPS) is 11.3. The molecule has 0 saturated heterocycles. The molecule has 20 heavy (non-hydrogen) atoms. The second kappa shape index (κ2) is 5.83. The van der Waals surface area contributed by atoms with E-state index in [0.717, 1.165) is 23.2 Å². The van der Waals surface area contributed by atoms with Gasteiger partial charge >= 0.3 is 0 Å². The summed E-state index contributed by atoms with van der Waals surface area (Å²) in [5.74, 6) is -0.839. The molecule has 0 bridgehead atoms. The molecule has 1 aromatic carbocycles. The average Bonchev–Trinajstić information content (AvgIpc) is 2.25. The summed E-state index contributed by atoms with van der Waals surface area (Å²) in [7, 11) is 4.26. The van der Waals surface area contributed by atoms with Crippen molar-refractivity contribution >= 4 is 27.0 Å². The number of benzene rings is 1. The highest BCUT2D eigenvalue weighted by molar-refractivity contribution is 7.91. The Kier molecular flexibility index (Phi) is 4.81. The van der Waals surface area contributed by atoms with Crippen molar-refractivity contribution in [2.24, 2.45) is 0 Å². The molecule has 0 heterocycles. The Morgan fingerprint density at radius 1 is 1.05 bits per heavy atom. The number of Topliss-reactive ketones (excluding diaryl/α,β-unsaturated/α-hetero) is 1. The van der Waals surface area contributed by atoms with Gasteiger partial charge in [-0.05, 0) is 24.6 Å². The van der Waals surface area contributed by atoms with E-state index in [1.165, 1.54) is 0 Å². The highest BCUT2D eigenvalue weighted by Crippen LogP contribution is 2.29. The van der Waals surface area contributed by atoms with Crippen molar-refractivity contribution in [3.63, 3.8) is 0 Å². The number of hydrogen-bond acceptors (Lipinski definition) is 5. The van der Waals surface area contributed by atoms with Crippen LogP contribution in [0.25, 0.3) is 0 Å². The van der Waals surface area contributed by atoms with Gasteiger partial charge in [0, 0.05) is 51.4 Å². The van der Waals surface area contributed by atoms with Crippen molar-refractivity contribution in [2.75, 3.05) is 50.0 Å². The minimum atomic E-state index is -3.32. The zero-order chi connectivity index (χ0) is 15.7. The fourth-order valence-electron chi connectivity index (χ4n) is 2.10. The Bertz CT molecular complexity index is 590. The van der Waals surface area contributed by atoms with Gasteiger partial charge in [0.25, 0.3) is 0 Å². The lowest BCUT2D eigenvalue weighted by Crippen LogP contribution is -2.19. The van der Waals surface area contributed by atoms with Crippen LogP contribution >= 0.6 is 0 Å². The van der Waals surface area contributed by atoms with E-state index in [-0.39, 0.29) is 5.78 Å². The molecule has 1 aromatic rings. The SMILES string of the molecule is Cc1c(N(C)C)cc(C(=O)CS(C)(=O)=O)cc1N(C)C. The van der Waals surface area contributed by atoms with Gasteiger partial charge < -0.3 is 9.80 Å². The first kappa shape index (κ1) is 16.5. The maximum Gasteiger partial charge on any atom is 0.178 e. The smallest absolute Gasteiger partial charge is 0.178 e. The number of anilines is 2. The summed E-state index contributed by atoms with van der Waals surface area (Å²) in [6.07, 6.45) is 1.07. The van der Waals surface area contributed by atoms with Gasteiger partial charge in [-0.1, -0.05) is 0 Å². The molecule has 0 amide bonds. The van der Waals surface area contributed by atoms with Crippen LogP contribution in [-0.4, -0.2) is 54.4 Å². The largest absolute Gasteiger partial charge is 0.377 e. The lowest BCUT2D eigenvalue weighted by atomic mass is 10.0. The highest BCUT2D eigenvalue weighted by atomic mass is 32.2. The predicted molar refractivity (Wildman–Crippen MR) is 83.9 cm³/mol. The first-order valence-corrected chi connectivity index (χ1v) is 8.29. The minimum Gasteiger partial charge on any atom is -0.377 e. The van der Waals surface area contributed by atoms with Crippen LogP contribution in [0.2, 0.25) is 0 Å². The monoisotopic (exact) mass is 298 g/mol. The molecule has 1 rings (SSSR count). The zero-order valence-electron chi connectivity index (χ0n) is 12.9. The van der Waals surface area contributed by atoms with E-state index in [1.54, 1.807) is 12.1 Å². The second-order valence-electron chi connectivity index (χ2n) is 5.42. The van der Waals surface area contributed by atoms with Crippen LogP contribution < -0.4 is 9.80 Å². The third-order valence-corrected chi connectivity index (χ3v) is 3.82. The Hall–Kier alpha value is -1.56. The molecular weight excluding hydrogens is 276 g/mol. The van der Waals surface area contributed by atoms with Crippen LogP contribution in [0.3, 0.4) is 0 Å². The Labute approximate surface area is 121 Å². The van der Waals surface area contributed by atoms with Crippen molar-refractivity contribution in [3.05, 3.63) is 23.3 Å². The maximum atomic E-state index is 12.1. The molecular formula is C14H22N2O3S.